The Kier molecular flexibility index (Phi) is 5.83. The monoisotopic (exact) mass is 388 g/mol. The van der Waals surface area contributed by atoms with Gasteiger partial charge in [-0.3, -0.25) is 0 Å². The summed E-state index contributed by atoms with van der Waals surface area (Å²) in [5.41, 5.74) is 3.98. The highest BCUT2D eigenvalue weighted by Gasteiger charge is 2.23. The van der Waals surface area contributed by atoms with Crippen molar-refractivity contribution in [2.24, 2.45) is 0 Å². The van der Waals surface area contributed by atoms with Crippen molar-refractivity contribution < 1.29 is 19.1 Å². The minimum atomic E-state index is -0.527. The molecule has 0 unspecified atom stereocenters. The topological polar surface area (TPSA) is 52.6 Å². The standard InChI is InChI=1S/C25H24O4/c1-17-8-10-20(11-9-17)25(2,3)21-12-14-22(15-13-21)29-24(27)19-7-5-6-18(16-19)23(26)28-4/h5-16H,1-4H3. The van der Waals surface area contributed by atoms with Crippen molar-refractivity contribution in [1.82, 2.24) is 0 Å². The fraction of sp³-hybridized carbons (Fsp3) is 0.200. The Bertz CT molecular complexity index is 1020. The Hall–Kier alpha value is -3.40. The van der Waals surface area contributed by atoms with Gasteiger partial charge < -0.3 is 9.47 Å². The fourth-order valence-corrected chi connectivity index (χ4v) is 3.13. The van der Waals surface area contributed by atoms with Crippen LogP contribution < -0.4 is 4.74 Å². The van der Waals surface area contributed by atoms with E-state index in [2.05, 4.69) is 49.8 Å². The van der Waals surface area contributed by atoms with E-state index in [1.165, 1.54) is 24.3 Å². The summed E-state index contributed by atoms with van der Waals surface area (Å²) in [6.07, 6.45) is 0. The number of rotatable bonds is 5. The van der Waals surface area contributed by atoms with Gasteiger partial charge in [-0.2, -0.15) is 0 Å². The van der Waals surface area contributed by atoms with Crippen LogP contribution in [0.25, 0.3) is 0 Å². The Morgan fingerprint density at radius 3 is 1.83 bits per heavy atom. The maximum atomic E-state index is 12.4. The molecule has 0 saturated carbocycles. The summed E-state index contributed by atoms with van der Waals surface area (Å²) in [5.74, 6) is -0.578. The SMILES string of the molecule is COC(=O)c1cccc(C(=O)Oc2ccc(C(C)(C)c3ccc(C)cc3)cc2)c1. The number of carbonyl (C=O) groups excluding carboxylic acids is 2. The molecule has 0 fully saturated rings. The summed E-state index contributed by atoms with van der Waals surface area (Å²) >= 11 is 0. The van der Waals surface area contributed by atoms with Crippen LogP contribution in [0.1, 0.15) is 51.3 Å². The van der Waals surface area contributed by atoms with Gasteiger partial charge in [0, 0.05) is 5.41 Å². The Morgan fingerprint density at radius 1 is 0.759 bits per heavy atom. The molecule has 0 N–H and O–H groups in total. The second kappa shape index (κ2) is 8.31. The molecule has 4 heteroatoms. The van der Waals surface area contributed by atoms with Crippen molar-refractivity contribution in [3.63, 3.8) is 0 Å². The zero-order chi connectivity index (χ0) is 21.0. The van der Waals surface area contributed by atoms with E-state index in [0.29, 0.717) is 11.3 Å². The molecule has 0 heterocycles. The van der Waals surface area contributed by atoms with Gasteiger partial charge in [-0.05, 0) is 48.4 Å². The van der Waals surface area contributed by atoms with Crippen LogP contribution in [0.15, 0.2) is 72.8 Å². The summed E-state index contributed by atoms with van der Waals surface area (Å²) in [4.78, 5) is 24.1. The predicted molar refractivity (Wildman–Crippen MR) is 112 cm³/mol. The van der Waals surface area contributed by atoms with Gasteiger partial charge in [-0.1, -0.05) is 61.9 Å². The van der Waals surface area contributed by atoms with Crippen LogP contribution in [0.2, 0.25) is 0 Å². The number of hydrogen-bond acceptors (Lipinski definition) is 4. The van der Waals surface area contributed by atoms with E-state index in [1.807, 2.05) is 12.1 Å². The average Bonchev–Trinajstić information content (AvgIpc) is 2.74. The predicted octanol–water partition coefficient (Wildman–Crippen LogP) is 5.33. The Morgan fingerprint density at radius 2 is 1.28 bits per heavy atom. The van der Waals surface area contributed by atoms with Gasteiger partial charge in [-0.25, -0.2) is 9.59 Å². The first-order chi connectivity index (χ1) is 13.8. The third kappa shape index (κ3) is 4.54. The number of methoxy groups -OCH3 is 1. The maximum absolute atomic E-state index is 12.4. The highest BCUT2D eigenvalue weighted by Crippen LogP contribution is 2.32. The van der Waals surface area contributed by atoms with Gasteiger partial charge in [0.05, 0.1) is 18.2 Å². The third-order valence-electron chi connectivity index (χ3n) is 5.08. The number of ether oxygens (including phenoxy) is 2. The molecule has 148 valence electrons. The van der Waals surface area contributed by atoms with Crippen molar-refractivity contribution >= 4 is 11.9 Å². The van der Waals surface area contributed by atoms with Crippen LogP contribution in [0.4, 0.5) is 0 Å². The maximum Gasteiger partial charge on any atom is 0.343 e. The Balaban J connectivity index is 1.76. The van der Waals surface area contributed by atoms with Crippen molar-refractivity contribution in [3.8, 4) is 5.75 Å². The third-order valence-corrected chi connectivity index (χ3v) is 5.08. The first-order valence-corrected chi connectivity index (χ1v) is 9.39. The molecule has 0 radical (unpaired) electrons. The molecule has 0 aliphatic heterocycles. The van der Waals surface area contributed by atoms with Crippen LogP contribution in [0.3, 0.4) is 0 Å². The van der Waals surface area contributed by atoms with Crippen LogP contribution in [0.5, 0.6) is 5.75 Å². The van der Waals surface area contributed by atoms with Crippen LogP contribution >= 0.6 is 0 Å². The van der Waals surface area contributed by atoms with E-state index < -0.39 is 11.9 Å². The average molecular weight is 388 g/mol. The number of hydrogen-bond donors (Lipinski definition) is 0. The highest BCUT2D eigenvalue weighted by atomic mass is 16.5. The van der Waals surface area contributed by atoms with Crippen LogP contribution in [-0.2, 0) is 10.2 Å². The van der Waals surface area contributed by atoms with E-state index in [4.69, 9.17) is 4.74 Å². The normalized spacial score (nSPS) is 11.0. The van der Waals surface area contributed by atoms with E-state index in [-0.39, 0.29) is 11.0 Å². The second-order valence-electron chi connectivity index (χ2n) is 7.48. The van der Waals surface area contributed by atoms with E-state index in [0.717, 1.165) is 5.56 Å². The van der Waals surface area contributed by atoms with Gasteiger partial charge in [-0.15, -0.1) is 0 Å². The van der Waals surface area contributed by atoms with Crippen molar-refractivity contribution in [2.45, 2.75) is 26.2 Å². The number of esters is 2. The molecule has 0 amide bonds. The molecule has 0 aromatic heterocycles. The van der Waals surface area contributed by atoms with E-state index >= 15 is 0 Å². The first kappa shape index (κ1) is 20.3. The Labute approximate surface area is 171 Å². The largest absolute Gasteiger partial charge is 0.465 e. The smallest absolute Gasteiger partial charge is 0.343 e. The first-order valence-electron chi connectivity index (χ1n) is 9.39. The van der Waals surface area contributed by atoms with Crippen molar-refractivity contribution in [1.29, 1.82) is 0 Å². The minimum Gasteiger partial charge on any atom is -0.465 e. The molecular formula is C25H24O4. The van der Waals surface area contributed by atoms with Gasteiger partial charge in [0.1, 0.15) is 5.75 Å². The molecule has 0 atom stereocenters. The number of carbonyl (C=O) groups is 2. The van der Waals surface area contributed by atoms with Crippen molar-refractivity contribution in [3.05, 3.63) is 101 Å². The van der Waals surface area contributed by atoms with Crippen molar-refractivity contribution in [2.75, 3.05) is 7.11 Å². The lowest BCUT2D eigenvalue weighted by molar-refractivity contribution is 0.0600. The molecule has 3 rings (SSSR count). The van der Waals surface area contributed by atoms with Gasteiger partial charge >= 0.3 is 11.9 Å². The summed E-state index contributed by atoms with van der Waals surface area (Å²) in [6.45, 7) is 6.40. The van der Waals surface area contributed by atoms with E-state index in [9.17, 15) is 9.59 Å². The summed E-state index contributed by atoms with van der Waals surface area (Å²) < 4.78 is 10.2. The van der Waals surface area contributed by atoms with Gasteiger partial charge in [0.25, 0.3) is 0 Å². The summed E-state index contributed by atoms with van der Waals surface area (Å²) in [6, 6.07) is 22.3. The lowest BCUT2D eigenvalue weighted by Gasteiger charge is -2.26. The molecule has 0 saturated heterocycles. The van der Waals surface area contributed by atoms with Crippen LogP contribution in [-0.4, -0.2) is 19.0 Å². The zero-order valence-electron chi connectivity index (χ0n) is 17.1. The molecule has 0 aliphatic rings. The van der Waals surface area contributed by atoms with Crippen LogP contribution in [0, 0.1) is 6.92 Å². The molecule has 0 spiro atoms. The molecule has 4 nitrogen and oxygen atoms in total. The lowest BCUT2D eigenvalue weighted by Crippen LogP contribution is -2.18. The second-order valence-corrected chi connectivity index (χ2v) is 7.48. The molecular weight excluding hydrogens is 364 g/mol. The zero-order valence-corrected chi connectivity index (χ0v) is 17.1. The number of aryl methyl sites for hydroxylation is 1. The van der Waals surface area contributed by atoms with Gasteiger partial charge in [0.2, 0.25) is 0 Å². The molecule has 3 aromatic carbocycles. The molecule has 29 heavy (non-hydrogen) atoms. The molecule has 0 bridgehead atoms. The summed E-state index contributed by atoms with van der Waals surface area (Å²) in [7, 11) is 1.30. The number of benzene rings is 3. The van der Waals surface area contributed by atoms with Gasteiger partial charge in [0.15, 0.2) is 0 Å². The minimum absolute atomic E-state index is 0.176. The molecule has 3 aromatic rings. The summed E-state index contributed by atoms with van der Waals surface area (Å²) in [5, 5.41) is 0. The lowest BCUT2D eigenvalue weighted by atomic mass is 9.78. The van der Waals surface area contributed by atoms with E-state index in [1.54, 1.807) is 30.3 Å². The fourth-order valence-electron chi connectivity index (χ4n) is 3.13. The molecule has 0 aliphatic carbocycles. The highest BCUT2D eigenvalue weighted by molar-refractivity contribution is 5.96. The quantitative estimate of drug-likeness (QED) is 0.438.